The zero-order valence-corrected chi connectivity index (χ0v) is 15.7. The maximum atomic E-state index is 13.2. The van der Waals surface area contributed by atoms with Crippen molar-refractivity contribution in [1.29, 1.82) is 0 Å². The molecule has 1 fully saturated rings. The van der Waals surface area contributed by atoms with Crippen LogP contribution in [0.5, 0.6) is 0 Å². The number of nitrogens with zero attached hydrogens (tertiary/aromatic N) is 3. The van der Waals surface area contributed by atoms with Gasteiger partial charge in [0.05, 0.1) is 11.1 Å². The maximum absolute atomic E-state index is 13.2. The fourth-order valence-corrected chi connectivity index (χ4v) is 4.38. The highest BCUT2D eigenvalue weighted by molar-refractivity contribution is 6.10. The number of rotatable bonds is 2. The summed E-state index contributed by atoms with van der Waals surface area (Å²) in [6.45, 7) is 1.78. The number of piperidine rings is 1. The molecule has 0 bridgehead atoms. The van der Waals surface area contributed by atoms with Crippen molar-refractivity contribution in [1.82, 2.24) is 15.0 Å². The van der Waals surface area contributed by atoms with E-state index in [1.807, 2.05) is 30.3 Å². The Kier molecular flexibility index (Phi) is 4.19. The summed E-state index contributed by atoms with van der Waals surface area (Å²) in [6.07, 6.45) is 5.44. The topological polar surface area (TPSA) is 79.0 Å². The van der Waals surface area contributed by atoms with Crippen molar-refractivity contribution < 1.29 is 4.79 Å². The standard InChI is InChI=1S/C22H22N4O2/c27-16-11-7-10-15-18(16)17(14-8-3-1-4-9-14)19-20(23-15)24-22(25-21(19)28)26-12-5-2-6-13-26/h1,3-4,8-9H,2,5-7,10-13H2,(H,23,24,25,28). The lowest BCUT2D eigenvalue weighted by Crippen LogP contribution is -2.32. The lowest BCUT2D eigenvalue weighted by atomic mass is 9.87. The van der Waals surface area contributed by atoms with E-state index in [2.05, 4.69) is 9.88 Å². The van der Waals surface area contributed by atoms with Crippen LogP contribution < -0.4 is 10.5 Å². The predicted octanol–water partition coefficient (Wildman–Crippen LogP) is 3.49. The van der Waals surface area contributed by atoms with Crippen LogP contribution in [-0.2, 0) is 6.42 Å². The van der Waals surface area contributed by atoms with Gasteiger partial charge in [-0.15, -0.1) is 0 Å². The number of pyridine rings is 1. The van der Waals surface area contributed by atoms with Gasteiger partial charge in [0.2, 0.25) is 5.95 Å². The molecule has 0 atom stereocenters. The van der Waals surface area contributed by atoms with Gasteiger partial charge in [-0.1, -0.05) is 30.3 Å². The average molecular weight is 374 g/mol. The molecule has 0 amide bonds. The summed E-state index contributed by atoms with van der Waals surface area (Å²) in [5, 5.41) is 0.418. The summed E-state index contributed by atoms with van der Waals surface area (Å²) in [7, 11) is 0. The van der Waals surface area contributed by atoms with Crippen molar-refractivity contribution in [3.63, 3.8) is 0 Å². The summed E-state index contributed by atoms with van der Waals surface area (Å²) in [5.74, 6) is 0.653. The molecule has 1 N–H and O–H groups in total. The molecule has 3 aromatic rings. The van der Waals surface area contributed by atoms with E-state index in [1.54, 1.807) is 0 Å². The molecule has 1 saturated heterocycles. The third-order valence-electron chi connectivity index (χ3n) is 5.73. The largest absolute Gasteiger partial charge is 0.342 e. The number of hydrogen-bond acceptors (Lipinski definition) is 5. The van der Waals surface area contributed by atoms with Gasteiger partial charge in [0, 0.05) is 30.6 Å². The normalized spacial score (nSPS) is 17.0. The van der Waals surface area contributed by atoms with Crippen molar-refractivity contribution in [2.24, 2.45) is 0 Å². The van der Waals surface area contributed by atoms with Crippen LogP contribution in [0, 0.1) is 0 Å². The molecule has 2 aromatic heterocycles. The average Bonchev–Trinajstić information content (AvgIpc) is 2.73. The first-order valence-corrected chi connectivity index (χ1v) is 10.0. The van der Waals surface area contributed by atoms with Crippen molar-refractivity contribution in [3.05, 3.63) is 51.9 Å². The predicted molar refractivity (Wildman–Crippen MR) is 109 cm³/mol. The Labute approximate surface area is 162 Å². The molecule has 1 aliphatic heterocycles. The van der Waals surface area contributed by atoms with Gasteiger partial charge >= 0.3 is 0 Å². The van der Waals surface area contributed by atoms with Gasteiger partial charge in [-0.25, -0.2) is 4.98 Å². The Morgan fingerprint density at radius 2 is 1.64 bits per heavy atom. The zero-order chi connectivity index (χ0) is 19.1. The molecule has 28 heavy (non-hydrogen) atoms. The lowest BCUT2D eigenvalue weighted by Gasteiger charge is -2.27. The minimum absolute atomic E-state index is 0.0639. The minimum Gasteiger partial charge on any atom is -0.342 e. The lowest BCUT2D eigenvalue weighted by molar-refractivity contribution is 0.0972. The fourth-order valence-electron chi connectivity index (χ4n) is 4.38. The second kappa shape index (κ2) is 6.86. The highest BCUT2D eigenvalue weighted by Gasteiger charge is 2.27. The molecule has 6 heteroatoms. The summed E-state index contributed by atoms with van der Waals surface area (Å²) in [4.78, 5) is 40.4. The van der Waals surface area contributed by atoms with E-state index in [4.69, 9.17) is 9.97 Å². The number of hydrogen-bond donors (Lipinski definition) is 1. The van der Waals surface area contributed by atoms with E-state index in [0.29, 0.717) is 34.5 Å². The Hall–Kier alpha value is -3.02. The number of H-pyrrole nitrogens is 1. The van der Waals surface area contributed by atoms with Crippen LogP contribution in [0.4, 0.5) is 5.95 Å². The molecule has 2 aliphatic rings. The minimum atomic E-state index is -0.224. The summed E-state index contributed by atoms with van der Waals surface area (Å²) < 4.78 is 0. The second-order valence-electron chi connectivity index (χ2n) is 7.59. The Balaban J connectivity index is 1.81. The molecule has 0 spiro atoms. The highest BCUT2D eigenvalue weighted by atomic mass is 16.1. The van der Waals surface area contributed by atoms with Gasteiger partial charge in [0.1, 0.15) is 0 Å². The van der Waals surface area contributed by atoms with E-state index in [0.717, 1.165) is 50.0 Å². The van der Waals surface area contributed by atoms with Gasteiger partial charge in [-0.2, -0.15) is 4.98 Å². The molecule has 0 saturated carbocycles. The van der Waals surface area contributed by atoms with E-state index < -0.39 is 0 Å². The molecule has 5 rings (SSSR count). The number of anilines is 1. The number of fused-ring (bicyclic) bond motifs is 2. The number of Topliss-reactive ketones (excluding diaryl/α,β-unsaturated/α-hetero) is 1. The third-order valence-corrected chi connectivity index (χ3v) is 5.73. The summed E-state index contributed by atoms with van der Waals surface area (Å²) in [5.41, 5.74) is 3.13. The highest BCUT2D eigenvalue weighted by Crippen LogP contribution is 2.35. The fraction of sp³-hybridized carbons (Fsp3) is 0.364. The number of carbonyl (C=O) groups is 1. The van der Waals surface area contributed by atoms with Gasteiger partial charge in [0.25, 0.3) is 5.56 Å². The van der Waals surface area contributed by atoms with Crippen LogP contribution in [0.1, 0.15) is 48.2 Å². The quantitative estimate of drug-likeness (QED) is 0.743. The first-order chi connectivity index (χ1) is 13.7. The first-order valence-electron chi connectivity index (χ1n) is 10.0. The number of aryl methyl sites for hydroxylation is 1. The van der Waals surface area contributed by atoms with Gasteiger partial charge in [-0.3, -0.25) is 14.6 Å². The molecule has 142 valence electrons. The molecule has 0 radical (unpaired) electrons. The summed E-state index contributed by atoms with van der Waals surface area (Å²) in [6, 6.07) is 9.65. The Morgan fingerprint density at radius 1 is 0.857 bits per heavy atom. The summed E-state index contributed by atoms with van der Waals surface area (Å²) >= 11 is 0. The van der Waals surface area contributed by atoms with Crippen LogP contribution in [0.15, 0.2) is 35.1 Å². The van der Waals surface area contributed by atoms with Crippen LogP contribution in [0.3, 0.4) is 0 Å². The SMILES string of the molecule is O=C1CCCc2nc3nc(N4CCCCC4)[nH]c(=O)c3c(-c3ccccc3)c21. The second-order valence-corrected chi connectivity index (χ2v) is 7.59. The van der Waals surface area contributed by atoms with E-state index in [9.17, 15) is 9.59 Å². The van der Waals surface area contributed by atoms with Crippen molar-refractivity contribution in [3.8, 4) is 11.1 Å². The Morgan fingerprint density at radius 3 is 2.43 bits per heavy atom. The van der Waals surface area contributed by atoms with Crippen molar-refractivity contribution in [2.45, 2.75) is 38.5 Å². The number of benzene rings is 1. The molecule has 3 heterocycles. The molecule has 6 nitrogen and oxygen atoms in total. The molecular weight excluding hydrogens is 352 g/mol. The van der Waals surface area contributed by atoms with Crippen LogP contribution in [0.2, 0.25) is 0 Å². The Bertz CT molecular complexity index is 1110. The van der Waals surface area contributed by atoms with E-state index >= 15 is 0 Å². The number of carbonyl (C=O) groups excluding carboxylic acids is 1. The van der Waals surface area contributed by atoms with Crippen molar-refractivity contribution >= 4 is 22.8 Å². The number of aromatic amines is 1. The van der Waals surface area contributed by atoms with Crippen LogP contribution >= 0.6 is 0 Å². The molecular formula is C22H22N4O2. The van der Waals surface area contributed by atoms with Gasteiger partial charge in [0.15, 0.2) is 11.4 Å². The van der Waals surface area contributed by atoms with Crippen molar-refractivity contribution in [2.75, 3.05) is 18.0 Å². The number of nitrogens with one attached hydrogen (secondary N) is 1. The zero-order valence-electron chi connectivity index (χ0n) is 15.7. The smallest absolute Gasteiger partial charge is 0.262 e. The first kappa shape index (κ1) is 17.1. The van der Waals surface area contributed by atoms with Crippen LogP contribution in [0.25, 0.3) is 22.2 Å². The third kappa shape index (κ3) is 2.80. The number of aromatic nitrogens is 3. The van der Waals surface area contributed by atoms with E-state index in [1.165, 1.54) is 6.42 Å². The molecule has 1 aliphatic carbocycles. The number of ketones is 1. The van der Waals surface area contributed by atoms with E-state index in [-0.39, 0.29) is 11.3 Å². The molecule has 1 aromatic carbocycles. The molecule has 0 unspecified atom stereocenters. The monoisotopic (exact) mass is 374 g/mol. The van der Waals surface area contributed by atoms with Gasteiger partial charge < -0.3 is 4.90 Å². The van der Waals surface area contributed by atoms with Gasteiger partial charge in [-0.05, 0) is 37.7 Å². The maximum Gasteiger partial charge on any atom is 0.262 e. The van der Waals surface area contributed by atoms with Crippen LogP contribution in [-0.4, -0.2) is 33.8 Å².